The summed E-state index contributed by atoms with van der Waals surface area (Å²) in [5.41, 5.74) is 6.46. The van der Waals surface area contributed by atoms with Crippen molar-refractivity contribution in [3.05, 3.63) is 58.0 Å². The molecule has 4 N–H and O–H groups in total. The van der Waals surface area contributed by atoms with Crippen LogP contribution in [0.5, 0.6) is 5.75 Å². The first-order chi connectivity index (χ1) is 16.0. The number of ether oxygens (including phenoxy) is 3. The lowest BCUT2D eigenvalue weighted by atomic mass is 9.83. The smallest absolute Gasteiger partial charge is 0.275 e. The lowest BCUT2D eigenvalue weighted by Crippen LogP contribution is -2.36. The molecule has 3 rings (SSSR count). The van der Waals surface area contributed by atoms with E-state index in [1.54, 1.807) is 17.2 Å². The van der Waals surface area contributed by atoms with E-state index in [4.69, 9.17) is 19.9 Å². The van der Waals surface area contributed by atoms with Crippen LogP contribution in [0.1, 0.15) is 38.9 Å². The molecule has 11 heteroatoms. The molecule has 11 nitrogen and oxygen atoms in total. The maximum atomic E-state index is 11.7. The van der Waals surface area contributed by atoms with E-state index in [2.05, 4.69) is 11.6 Å². The van der Waals surface area contributed by atoms with Gasteiger partial charge in [-0.05, 0) is 17.5 Å². The lowest BCUT2D eigenvalue weighted by molar-refractivity contribution is -0.386. The van der Waals surface area contributed by atoms with Gasteiger partial charge in [-0.3, -0.25) is 10.1 Å². The van der Waals surface area contributed by atoms with E-state index < -0.39 is 34.9 Å². The molecule has 0 bridgehead atoms. The van der Waals surface area contributed by atoms with Crippen LogP contribution in [0.4, 0.5) is 5.69 Å². The summed E-state index contributed by atoms with van der Waals surface area (Å²) in [5, 5.41) is 31.2. The second-order valence-electron chi connectivity index (χ2n) is 9.33. The van der Waals surface area contributed by atoms with Gasteiger partial charge < -0.3 is 35.1 Å². The zero-order valence-corrected chi connectivity index (χ0v) is 19.8. The van der Waals surface area contributed by atoms with Gasteiger partial charge in [0, 0.05) is 24.3 Å². The number of amidine groups is 1. The summed E-state index contributed by atoms with van der Waals surface area (Å²) in [5.74, 6) is 1.01. The zero-order valence-electron chi connectivity index (χ0n) is 19.8. The van der Waals surface area contributed by atoms with Crippen molar-refractivity contribution < 1.29 is 29.3 Å². The predicted octanol–water partition coefficient (Wildman–Crippen LogP) is 2.20. The van der Waals surface area contributed by atoms with E-state index in [-0.39, 0.29) is 31.2 Å². The molecule has 0 saturated carbocycles. The van der Waals surface area contributed by atoms with Crippen molar-refractivity contribution in [3.8, 4) is 5.75 Å². The largest absolute Gasteiger partial charge is 0.497 e. The van der Waals surface area contributed by atoms with Crippen LogP contribution < -0.4 is 10.5 Å². The molecule has 1 unspecified atom stereocenters. The van der Waals surface area contributed by atoms with Crippen LogP contribution in [-0.2, 0) is 9.47 Å². The number of nitro groups is 1. The summed E-state index contributed by atoms with van der Waals surface area (Å²) < 4.78 is 17.2. The second kappa shape index (κ2) is 10.1. The fraction of sp³-hybridized carbons (Fsp3) is 0.522. The standard InChI is InChI=1S/C23H32N4O7/c1-13-25-22(24)14(10-26(13)20-9-18(29)19(11-28)34-20)12-33-21(23(2,3)4)16-8-15(32-5)6-7-17(16)27(30)31/h6-8,10,18-21,28-29H,1,9,11-12H2,2-5H3,(H2,24,25)/t18?,19-,20-,21-/m1/s1. The minimum atomic E-state index is -0.821. The van der Waals surface area contributed by atoms with Gasteiger partial charge >= 0.3 is 0 Å². The number of nitro benzene ring substituents is 1. The van der Waals surface area contributed by atoms with Crippen molar-refractivity contribution in [2.75, 3.05) is 20.3 Å². The summed E-state index contributed by atoms with van der Waals surface area (Å²) in [6.45, 7) is 9.35. The van der Waals surface area contributed by atoms with Crippen molar-refractivity contribution in [1.82, 2.24) is 4.90 Å². The third-order valence-electron chi connectivity index (χ3n) is 5.77. The molecule has 2 aliphatic rings. The van der Waals surface area contributed by atoms with E-state index in [1.807, 2.05) is 20.8 Å². The molecule has 0 amide bonds. The summed E-state index contributed by atoms with van der Waals surface area (Å²) in [7, 11) is 1.49. The number of nitrogens with zero attached hydrogens (tertiary/aromatic N) is 3. The minimum Gasteiger partial charge on any atom is -0.497 e. The van der Waals surface area contributed by atoms with Crippen molar-refractivity contribution in [3.63, 3.8) is 0 Å². The molecule has 1 aromatic carbocycles. The lowest BCUT2D eigenvalue weighted by Gasteiger charge is -2.33. The number of aliphatic imine (C=N–C) groups is 1. The highest BCUT2D eigenvalue weighted by atomic mass is 16.6. The van der Waals surface area contributed by atoms with Gasteiger partial charge in [-0.1, -0.05) is 27.4 Å². The van der Waals surface area contributed by atoms with Crippen molar-refractivity contribution in [2.45, 2.75) is 51.7 Å². The number of hydrogen-bond donors (Lipinski definition) is 3. The van der Waals surface area contributed by atoms with Gasteiger partial charge in [0.05, 0.1) is 43.0 Å². The SMILES string of the molecule is C=C1N=C(N)C(CO[C@H](c2cc(OC)ccc2[N+](=O)[O-])C(C)(C)C)=CN1[C@H]1CC(O)[C@@H](CO)O1. The fourth-order valence-electron chi connectivity index (χ4n) is 4.00. The van der Waals surface area contributed by atoms with Crippen LogP contribution in [0.25, 0.3) is 0 Å². The Morgan fingerprint density at radius 1 is 1.44 bits per heavy atom. The Hall–Kier alpha value is -2.99. The third-order valence-corrected chi connectivity index (χ3v) is 5.77. The Morgan fingerprint density at radius 2 is 2.15 bits per heavy atom. The van der Waals surface area contributed by atoms with Crippen LogP contribution in [0.3, 0.4) is 0 Å². The fourth-order valence-corrected chi connectivity index (χ4v) is 4.00. The van der Waals surface area contributed by atoms with E-state index in [9.17, 15) is 20.3 Å². The second-order valence-corrected chi connectivity index (χ2v) is 9.33. The molecule has 1 saturated heterocycles. The summed E-state index contributed by atoms with van der Waals surface area (Å²) in [6.07, 6.45) is -0.832. The highest BCUT2D eigenvalue weighted by Gasteiger charge is 2.38. The molecule has 0 aromatic heterocycles. The molecule has 186 valence electrons. The Morgan fingerprint density at radius 3 is 2.71 bits per heavy atom. The van der Waals surface area contributed by atoms with E-state index in [1.165, 1.54) is 19.2 Å². The molecule has 34 heavy (non-hydrogen) atoms. The molecule has 0 aliphatic carbocycles. The number of aliphatic hydroxyl groups is 2. The minimum absolute atomic E-state index is 0.00805. The highest BCUT2D eigenvalue weighted by molar-refractivity contribution is 5.98. The van der Waals surface area contributed by atoms with Crippen molar-refractivity contribution in [1.29, 1.82) is 0 Å². The first-order valence-electron chi connectivity index (χ1n) is 10.9. The number of benzene rings is 1. The zero-order chi connectivity index (χ0) is 25.2. The van der Waals surface area contributed by atoms with Crippen molar-refractivity contribution in [2.24, 2.45) is 16.1 Å². The number of methoxy groups -OCH3 is 1. The highest BCUT2D eigenvalue weighted by Crippen LogP contribution is 2.42. The van der Waals surface area contributed by atoms with Gasteiger partial charge in [0.2, 0.25) is 0 Å². The molecule has 1 aromatic rings. The topological polar surface area (TPSA) is 153 Å². The van der Waals surface area contributed by atoms with Crippen LogP contribution in [0.2, 0.25) is 0 Å². The molecule has 1 fully saturated rings. The number of nitrogens with two attached hydrogens (primary N) is 1. The molecule has 2 aliphatic heterocycles. The Bertz CT molecular complexity index is 1000. The van der Waals surface area contributed by atoms with Crippen LogP contribution >= 0.6 is 0 Å². The Kier molecular flexibility index (Phi) is 7.61. The van der Waals surface area contributed by atoms with Crippen molar-refractivity contribution >= 4 is 11.5 Å². The summed E-state index contributed by atoms with van der Waals surface area (Å²) in [4.78, 5) is 17.2. The molecular weight excluding hydrogens is 444 g/mol. The number of aliphatic hydroxyl groups excluding tert-OH is 2. The van der Waals surface area contributed by atoms with Gasteiger partial charge in [0.15, 0.2) is 0 Å². The maximum Gasteiger partial charge on any atom is 0.275 e. The number of hydrogen-bond acceptors (Lipinski definition) is 10. The van der Waals surface area contributed by atoms with E-state index >= 15 is 0 Å². The first kappa shape index (κ1) is 25.6. The van der Waals surface area contributed by atoms with Gasteiger partial charge in [0.1, 0.15) is 29.7 Å². The normalized spacial score (nSPS) is 24.0. The maximum absolute atomic E-state index is 11.7. The number of rotatable bonds is 8. The van der Waals surface area contributed by atoms with Gasteiger partial charge in [-0.2, -0.15) is 0 Å². The monoisotopic (exact) mass is 476 g/mol. The molecule has 2 heterocycles. The van der Waals surface area contributed by atoms with Crippen LogP contribution in [-0.4, -0.2) is 64.6 Å². The van der Waals surface area contributed by atoms with Gasteiger partial charge in [0.25, 0.3) is 5.69 Å². The summed E-state index contributed by atoms with van der Waals surface area (Å²) in [6, 6.07) is 4.55. The third kappa shape index (κ3) is 5.39. The van der Waals surface area contributed by atoms with Crippen LogP contribution in [0.15, 0.2) is 47.4 Å². The molecule has 0 spiro atoms. The Labute approximate surface area is 198 Å². The molecule has 0 radical (unpaired) electrons. The average molecular weight is 477 g/mol. The van der Waals surface area contributed by atoms with E-state index in [0.29, 0.717) is 22.7 Å². The quantitative estimate of drug-likeness (QED) is 0.378. The van der Waals surface area contributed by atoms with Gasteiger partial charge in [-0.25, -0.2) is 4.99 Å². The first-order valence-corrected chi connectivity index (χ1v) is 10.9. The van der Waals surface area contributed by atoms with Crippen LogP contribution in [0, 0.1) is 15.5 Å². The van der Waals surface area contributed by atoms with Gasteiger partial charge in [-0.15, -0.1) is 0 Å². The molecular formula is C23H32N4O7. The van der Waals surface area contributed by atoms with E-state index in [0.717, 1.165) is 0 Å². The predicted molar refractivity (Wildman–Crippen MR) is 125 cm³/mol. The summed E-state index contributed by atoms with van der Waals surface area (Å²) >= 11 is 0. The average Bonchev–Trinajstić information content (AvgIpc) is 3.14. The Balaban J connectivity index is 1.88. The molecule has 4 atom stereocenters.